The third-order valence-corrected chi connectivity index (χ3v) is 5.18. The second-order valence-electron chi connectivity index (χ2n) is 7.22. The first-order valence-corrected chi connectivity index (χ1v) is 10.1. The first kappa shape index (κ1) is 20.8. The maximum atomic E-state index is 11.9. The van der Waals surface area contributed by atoms with E-state index in [0.717, 1.165) is 52.6 Å². The predicted molar refractivity (Wildman–Crippen MR) is 115 cm³/mol. The smallest absolute Gasteiger partial charge is 0.306 e. The fraction of sp³-hybridized carbons (Fsp3) is 0.435. The summed E-state index contributed by atoms with van der Waals surface area (Å²) in [7, 11) is 1.66. The molecule has 2 aliphatic rings. The van der Waals surface area contributed by atoms with Crippen LogP contribution in [0.3, 0.4) is 0 Å². The second-order valence-corrected chi connectivity index (χ2v) is 7.22. The SMILES string of the molecule is CCCCOC(=O)CCC1=C(C)/C(=C/C2N=C(c3ccc[nH]3)C=C2OC)N=C1C. The van der Waals surface area contributed by atoms with Crippen LogP contribution in [0.25, 0.3) is 0 Å². The van der Waals surface area contributed by atoms with Crippen LogP contribution in [0, 0.1) is 0 Å². The van der Waals surface area contributed by atoms with Gasteiger partial charge in [-0.2, -0.15) is 0 Å². The second kappa shape index (κ2) is 9.54. The number of aromatic nitrogens is 1. The summed E-state index contributed by atoms with van der Waals surface area (Å²) >= 11 is 0. The number of allylic oxidation sites excluding steroid dienone is 3. The van der Waals surface area contributed by atoms with Crippen LogP contribution in [-0.4, -0.2) is 42.1 Å². The first-order chi connectivity index (χ1) is 14.0. The van der Waals surface area contributed by atoms with Crippen molar-refractivity contribution in [2.45, 2.75) is 52.5 Å². The number of esters is 1. The van der Waals surface area contributed by atoms with Gasteiger partial charge in [-0.1, -0.05) is 13.3 Å². The molecular formula is C23H29N3O3. The average Bonchev–Trinajstić information content (AvgIpc) is 3.42. The highest BCUT2D eigenvalue weighted by atomic mass is 16.5. The van der Waals surface area contributed by atoms with E-state index in [0.29, 0.717) is 19.4 Å². The van der Waals surface area contributed by atoms with Crippen LogP contribution < -0.4 is 0 Å². The molecule has 0 bridgehead atoms. The van der Waals surface area contributed by atoms with Crippen molar-refractivity contribution in [1.29, 1.82) is 0 Å². The number of hydrogen-bond donors (Lipinski definition) is 1. The van der Waals surface area contributed by atoms with E-state index < -0.39 is 0 Å². The van der Waals surface area contributed by atoms with E-state index in [1.165, 1.54) is 0 Å². The number of ether oxygens (including phenoxy) is 2. The van der Waals surface area contributed by atoms with Gasteiger partial charge in [0.2, 0.25) is 0 Å². The van der Waals surface area contributed by atoms with Crippen LogP contribution in [0.1, 0.15) is 52.1 Å². The molecule has 0 radical (unpaired) electrons. The summed E-state index contributed by atoms with van der Waals surface area (Å²) in [6.07, 6.45) is 8.78. The molecule has 0 saturated carbocycles. The highest BCUT2D eigenvalue weighted by Crippen LogP contribution is 2.31. The summed E-state index contributed by atoms with van der Waals surface area (Å²) in [5.41, 5.74) is 5.86. The molecule has 29 heavy (non-hydrogen) atoms. The van der Waals surface area contributed by atoms with Crippen molar-refractivity contribution in [3.8, 4) is 0 Å². The van der Waals surface area contributed by atoms with Gasteiger partial charge in [-0.15, -0.1) is 0 Å². The van der Waals surface area contributed by atoms with Gasteiger partial charge in [-0.3, -0.25) is 14.8 Å². The number of H-pyrrole nitrogens is 1. The lowest BCUT2D eigenvalue weighted by atomic mass is 10.0. The molecule has 1 N–H and O–H groups in total. The van der Waals surface area contributed by atoms with Gasteiger partial charge in [0.25, 0.3) is 0 Å². The Morgan fingerprint density at radius 2 is 2.17 bits per heavy atom. The minimum Gasteiger partial charge on any atom is -0.498 e. The Labute approximate surface area is 172 Å². The zero-order valence-electron chi connectivity index (χ0n) is 17.6. The van der Waals surface area contributed by atoms with E-state index in [2.05, 4.69) is 11.9 Å². The fourth-order valence-electron chi connectivity index (χ4n) is 3.47. The van der Waals surface area contributed by atoms with Crippen molar-refractivity contribution >= 4 is 17.4 Å². The van der Waals surface area contributed by atoms with Gasteiger partial charge < -0.3 is 14.5 Å². The third-order valence-electron chi connectivity index (χ3n) is 5.18. The monoisotopic (exact) mass is 395 g/mol. The van der Waals surface area contributed by atoms with Gasteiger partial charge in [0.15, 0.2) is 0 Å². The molecule has 0 aliphatic carbocycles. The average molecular weight is 396 g/mol. The van der Waals surface area contributed by atoms with Gasteiger partial charge in [0, 0.05) is 24.4 Å². The molecule has 1 unspecified atom stereocenters. The van der Waals surface area contributed by atoms with Crippen LogP contribution in [0.15, 0.2) is 63.1 Å². The van der Waals surface area contributed by atoms with Crippen molar-refractivity contribution in [3.05, 3.63) is 58.8 Å². The molecule has 6 heteroatoms. The predicted octanol–water partition coefficient (Wildman–Crippen LogP) is 4.51. The Hall–Kier alpha value is -2.89. The molecule has 0 saturated heterocycles. The number of aromatic amines is 1. The van der Waals surface area contributed by atoms with E-state index in [1.807, 2.05) is 44.3 Å². The van der Waals surface area contributed by atoms with Crippen LogP contribution in [0.5, 0.6) is 0 Å². The summed E-state index contributed by atoms with van der Waals surface area (Å²) in [5.74, 6) is 0.639. The summed E-state index contributed by atoms with van der Waals surface area (Å²) in [4.78, 5) is 24.6. The van der Waals surface area contributed by atoms with Gasteiger partial charge >= 0.3 is 5.97 Å². The number of nitrogens with one attached hydrogen (secondary N) is 1. The normalized spacial score (nSPS) is 20.1. The third kappa shape index (κ3) is 4.94. The quantitative estimate of drug-likeness (QED) is 0.493. The van der Waals surface area contributed by atoms with E-state index in [-0.39, 0.29) is 12.0 Å². The number of aliphatic imine (C=N–C) groups is 2. The number of carbonyl (C=O) groups excluding carboxylic acids is 1. The van der Waals surface area contributed by atoms with Crippen molar-refractivity contribution in [1.82, 2.24) is 4.98 Å². The standard InChI is InChI=1S/C23H29N3O3/c1-5-6-12-29-23(27)10-9-17-15(2)19(25-16(17)3)13-21-22(28-4)14-20(26-21)18-8-7-11-24-18/h7-8,11,13-14,21,24H,5-6,9-10,12H2,1-4H3/b19-13-. The van der Waals surface area contributed by atoms with Crippen molar-refractivity contribution in [3.63, 3.8) is 0 Å². The van der Waals surface area contributed by atoms with E-state index in [1.54, 1.807) is 7.11 Å². The lowest BCUT2D eigenvalue weighted by Gasteiger charge is -2.08. The molecule has 2 aliphatic heterocycles. The van der Waals surface area contributed by atoms with E-state index in [4.69, 9.17) is 19.5 Å². The lowest BCUT2D eigenvalue weighted by molar-refractivity contribution is -0.143. The number of carbonyl (C=O) groups is 1. The summed E-state index contributed by atoms with van der Waals surface area (Å²) < 4.78 is 10.8. The van der Waals surface area contributed by atoms with Gasteiger partial charge in [0.1, 0.15) is 11.8 Å². The van der Waals surface area contributed by atoms with Gasteiger partial charge in [-0.05, 0) is 56.0 Å². The lowest BCUT2D eigenvalue weighted by Crippen LogP contribution is -2.07. The minimum absolute atomic E-state index is 0.149. The maximum Gasteiger partial charge on any atom is 0.306 e. The molecule has 1 aromatic rings. The van der Waals surface area contributed by atoms with Gasteiger partial charge in [0.05, 0.1) is 30.8 Å². The van der Waals surface area contributed by atoms with Crippen molar-refractivity contribution in [2.75, 3.05) is 13.7 Å². The zero-order chi connectivity index (χ0) is 20.8. The summed E-state index contributed by atoms with van der Waals surface area (Å²) in [6, 6.07) is 3.72. The topological polar surface area (TPSA) is 76.0 Å². The molecule has 1 aromatic heterocycles. The minimum atomic E-state index is -0.210. The zero-order valence-corrected chi connectivity index (χ0v) is 17.6. The van der Waals surface area contributed by atoms with Crippen molar-refractivity contribution in [2.24, 2.45) is 9.98 Å². The maximum absolute atomic E-state index is 11.9. The molecule has 3 rings (SSSR count). The number of unbranched alkanes of at least 4 members (excludes halogenated alkanes) is 1. The van der Waals surface area contributed by atoms with Crippen LogP contribution in [-0.2, 0) is 14.3 Å². The summed E-state index contributed by atoms with van der Waals surface area (Å²) in [6.45, 7) is 6.61. The summed E-state index contributed by atoms with van der Waals surface area (Å²) in [5, 5.41) is 0. The first-order valence-electron chi connectivity index (χ1n) is 10.1. The van der Waals surface area contributed by atoms with Crippen LogP contribution >= 0.6 is 0 Å². The molecule has 3 heterocycles. The van der Waals surface area contributed by atoms with Gasteiger partial charge in [-0.25, -0.2) is 0 Å². The Morgan fingerprint density at radius 3 is 2.86 bits per heavy atom. The fourth-order valence-corrected chi connectivity index (χ4v) is 3.47. The molecule has 0 fully saturated rings. The number of methoxy groups -OCH3 is 1. The molecule has 0 amide bonds. The number of hydrogen-bond acceptors (Lipinski definition) is 5. The van der Waals surface area contributed by atoms with Crippen LogP contribution in [0.2, 0.25) is 0 Å². The molecule has 154 valence electrons. The van der Waals surface area contributed by atoms with Crippen molar-refractivity contribution < 1.29 is 14.3 Å². The van der Waals surface area contributed by atoms with Crippen LogP contribution in [0.4, 0.5) is 0 Å². The highest BCUT2D eigenvalue weighted by molar-refractivity contribution is 6.09. The molecule has 1 atom stereocenters. The Balaban J connectivity index is 1.71. The molecule has 6 nitrogen and oxygen atoms in total. The number of rotatable bonds is 9. The Bertz CT molecular complexity index is 902. The molecule has 0 aromatic carbocycles. The Morgan fingerprint density at radius 1 is 1.34 bits per heavy atom. The van der Waals surface area contributed by atoms with E-state index in [9.17, 15) is 4.79 Å². The Kier molecular flexibility index (Phi) is 6.86. The largest absolute Gasteiger partial charge is 0.498 e. The van der Waals surface area contributed by atoms with E-state index >= 15 is 0 Å². The molecular weight excluding hydrogens is 366 g/mol. The highest BCUT2D eigenvalue weighted by Gasteiger charge is 2.25. The number of nitrogens with zero attached hydrogens (tertiary/aromatic N) is 2. The molecule has 0 spiro atoms.